The van der Waals surface area contributed by atoms with Crippen molar-refractivity contribution < 1.29 is 14.3 Å². The number of carbonyl (C=O) groups excluding carboxylic acids is 1. The van der Waals surface area contributed by atoms with Gasteiger partial charge in [0.25, 0.3) is 5.91 Å². The van der Waals surface area contributed by atoms with E-state index in [1.54, 1.807) is 12.1 Å². The number of fused-ring (bicyclic) bond motifs is 1. The Hall–Kier alpha value is -3.88. The summed E-state index contributed by atoms with van der Waals surface area (Å²) in [5.41, 5.74) is 2.94. The summed E-state index contributed by atoms with van der Waals surface area (Å²) in [4.78, 5) is 16.9. The van der Waals surface area contributed by atoms with Crippen LogP contribution >= 0.6 is 23.4 Å². The minimum atomic E-state index is -0.482. The third-order valence-corrected chi connectivity index (χ3v) is 7.70. The van der Waals surface area contributed by atoms with Gasteiger partial charge in [-0.2, -0.15) is 15.1 Å². The van der Waals surface area contributed by atoms with Crippen molar-refractivity contribution in [3.05, 3.63) is 100 Å². The molecule has 2 aliphatic rings. The number of nitrogens with zero attached hydrogens (tertiary/aromatic N) is 3. The van der Waals surface area contributed by atoms with Crippen LogP contribution in [-0.2, 0) is 4.79 Å². The lowest BCUT2D eigenvalue weighted by molar-refractivity contribution is -0.114. The van der Waals surface area contributed by atoms with Gasteiger partial charge in [-0.3, -0.25) is 10.2 Å². The molecule has 0 aliphatic carbocycles. The third kappa shape index (κ3) is 6.08. The lowest BCUT2D eigenvalue weighted by Gasteiger charge is -2.20. The molecule has 1 amide bonds. The molecule has 0 radical (unpaired) electrons. The normalized spacial score (nSPS) is 16.6. The van der Waals surface area contributed by atoms with E-state index in [-0.39, 0.29) is 11.4 Å². The smallest absolute Gasteiger partial charge is 0.283 e. The fourth-order valence-corrected chi connectivity index (χ4v) is 5.22. The van der Waals surface area contributed by atoms with E-state index in [0.717, 1.165) is 23.3 Å². The lowest BCUT2D eigenvalue weighted by atomic mass is 9.99. The molecule has 1 N–H and O–H groups in total. The first-order valence-corrected chi connectivity index (χ1v) is 13.8. The van der Waals surface area contributed by atoms with Gasteiger partial charge in [-0.25, -0.2) is 0 Å². The number of hydrogen-bond acceptors (Lipinski definition) is 6. The maximum atomic E-state index is 12.7. The second-order valence-corrected chi connectivity index (χ2v) is 10.4. The van der Waals surface area contributed by atoms with Crippen LogP contribution in [0.15, 0.2) is 88.5 Å². The van der Waals surface area contributed by atoms with Gasteiger partial charge in [0.15, 0.2) is 5.84 Å². The second kappa shape index (κ2) is 11.9. The molecule has 2 heterocycles. The number of amides is 1. The van der Waals surface area contributed by atoms with Crippen molar-refractivity contribution in [2.75, 3.05) is 13.2 Å². The van der Waals surface area contributed by atoms with Gasteiger partial charge in [-0.05, 0) is 71.6 Å². The molecule has 0 bridgehead atoms. The van der Waals surface area contributed by atoms with Crippen molar-refractivity contribution >= 4 is 51.4 Å². The average molecular weight is 559 g/mol. The average Bonchev–Trinajstić information content (AvgIpc) is 3.38. The molecule has 5 rings (SSSR count). The van der Waals surface area contributed by atoms with Crippen LogP contribution in [0, 0.1) is 5.41 Å². The van der Waals surface area contributed by atoms with Crippen molar-refractivity contribution in [2.24, 2.45) is 10.1 Å². The summed E-state index contributed by atoms with van der Waals surface area (Å²) in [6.45, 7) is 5.21. The van der Waals surface area contributed by atoms with Crippen LogP contribution in [0.25, 0.3) is 6.08 Å². The molecule has 3 aromatic rings. The fourth-order valence-electron chi connectivity index (χ4n) is 4.01. The number of ether oxygens (including phenoxy) is 2. The molecule has 198 valence electrons. The van der Waals surface area contributed by atoms with Crippen molar-refractivity contribution in [2.45, 2.75) is 26.2 Å². The Morgan fingerprint density at radius 2 is 1.64 bits per heavy atom. The number of amidine groups is 2. The van der Waals surface area contributed by atoms with E-state index in [9.17, 15) is 4.79 Å². The molecular formula is C30H27ClN4O3S. The first-order chi connectivity index (χ1) is 18.9. The number of hydrazone groups is 1. The standard InChI is InChI=1S/C30H27ClN4O3S/c1-3-19(2)21-10-14-23(15-11-21)38-17-16-37-22-12-8-20(9-13-22)18-25-27(32)35-30(33-28(25)36)39-29(34-35)24-6-4-5-7-26(24)31/h4-15,18-19,32H,3,16-17H2,1-2H3/b25-18+,32-27?. The Labute approximate surface area is 236 Å². The minimum absolute atomic E-state index is 0.0331. The summed E-state index contributed by atoms with van der Waals surface area (Å²) in [5.74, 6) is 1.52. The summed E-state index contributed by atoms with van der Waals surface area (Å²) in [6.07, 6.45) is 2.74. The lowest BCUT2D eigenvalue weighted by Crippen LogP contribution is -2.35. The van der Waals surface area contributed by atoms with Crippen molar-refractivity contribution in [3.8, 4) is 11.5 Å². The van der Waals surface area contributed by atoms with Gasteiger partial charge in [-0.15, -0.1) is 0 Å². The highest BCUT2D eigenvalue weighted by atomic mass is 35.5. The quantitative estimate of drug-likeness (QED) is 0.226. The predicted molar refractivity (Wildman–Crippen MR) is 158 cm³/mol. The molecule has 0 fully saturated rings. The van der Waals surface area contributed by atoms with E-state index in [2.05, 4.69) is 36.1 Å². The Balaban J connectivity index is 1.18. The first-order valence-electron chi connectivity index (χ1n) is 12.6. The van der Waals surface area contributed by atoms with Crippen molar-refractivity contribution in [1.29, 1.82) is 5.41 Å². The first kappa shape index (κ1) is 26.7. The molecule has 0 saturated carbocycles. The summed E-state index contributed by atoms with van der Waals surface area (Å²) in [6, 6.07) is 22.8. The van der Waals surface area contributed by atoms with Crippen LogP contribution in [0.5, 0.6) is 11.5 Å². The van der Waals surface area contributed by atoms with E-state index in [1.165, 1.54) is 22.3 Å². The van der Waals surface area contributed by atoms with Gasteiger partial charge in [-0.1, -0.05) is 67.9 Å². The van der Waals surface area contributed by atoms with Gasteiger partial charge in [0.2, 0.25) is 5.17 Å². The third-order valence-electron chi connectivity index (χ3n) is 6.43. The topological polar surface area (TPSA) is 87.3 Å². The second-order valence-electron chi connectivity index (χ2n) is 9.05. The number of rotatable bonds is 9. The van der Waals surface area contributed by atoms with Gasteiger partial charge in [0.05, 0.1) is 10.6 Å². The summed E-state index contributed by atoms with van der Waals surface area (Å²) < 4.78 is 11.6. The fraction of sp³-hybridized carbons (Fsp3) is 0.200. The molecule has 9 heteroatoms. The van der Waals surface area contributed by atoms with Crippen LogP contribution in [0.3, 0.4) is 0 Å². The molecule has 0 saturated heterocycles. The Morgan fingerprint density at radius 1 is 1.00 bits per heavy atom. The zero-order valence-corrected chi connectivity index (χ0v) is 23.1. The van der Waals surface area contributed by atoms with Crippen LogP contribution < -0.4 is 9.47 Å². The molecule has 3 aromatic carbocycles. The van der Waals surface area contributed by atoms with Crippen molar-refractivity contribution in [3.63, 3.8) is 0 Å². The highest BCUT2D eigenvalue weighted by molar-refractivity contribution is 8.27. The van der Waals surface area contributed by atoms with Gasteiger partial charge in [0.1, 0.15) is 29.8 Å². The highest BCUT2D eigenvalue weighted by Gasteiger charge is 2.36. The number of halogens is 1. The molecule has 39 heavy (non-hydrogen) atoms. The van der Waals surface area contributed by atoms with Gasteiger partial charge in [0, 0.05) is 5.56 Å². The number of hydrogen-bond donors (Lipinski definition) is 1. The number of aliphatic imine (C=N–C) groups is 1. The van der Waals surface area contributed by atoms with E-state index in [0.29, 0.717) is 40.1 Å². The van der Waals surface area contributed by atoms with Crippen LogP contribution in [0.1, 0.15) is 42.9 Å². The SMILES string of the molecule is CCC(C)c1ccc(OCCOc2ccc(/C=C3\C(=N)N4N=C(c5ccccc5Cl)SC4=NC3=O)cc2)cc1. The molecular weight excluding hydrogens is 532 g/mol. The van der Waals surface area contributed by atoms with E-state index in [4.69, 9.17) is 26.5 Å². The zero-order valence-electron chi connectivity index (χ0n) is 21.6. The summed E-state index contributed by atoms with van der Waals surface area (Å²) >= 11 is 7.52. The number of nitrogens with one attached hydrogen (secondary N) is 1. The van der Waals surface area contributed by atoms with E-state index >= 15 is 0 Å². The Bertz CT molecular complexity index is 1480. The number of thioether (sulfide) groups is 1. The summed E-state index contributed by atoms with van der Waals surface area (Å²) in [5, 5.41) is 15.9. The summed E-state index contributed by atoms with van der Waals surface area (Å²) in [7, 11) is 0. The number of benzene rings is 3. The van der Waals surface area contributed by atoms with Gasteiger partial charge < -0.3 is 9.47 Å². The molecule has 1 unspecified atom stereocenters. The molecule has 1 atom stereocenters. The monoisotopic (exact) mass is 558 g/mol. The predicted octanol–water partition coefficient (Wildman–Crippen LogP) is 6.98. The van der Waals surface area contributed by atoms with Crippen molar-refractivity contribution in [1.82, 2.24) is 5.01 Å². The maximum Gasteiger partial charge on any atom is 0.283 e. The maximum absolute atomic E-state index is 12.7. The largest absolute Gasteiger partial charge is 0.490 e. The molecule has 2 aliphatic heterocycles. The highest BCUT2D eigenvalue weighted by Crippen LogP contribution is 2.33. The molecule has 0 aromatic heterocycles. The number of carbonyl (C=O) groups is 1. The zero-order chi connectivity index (χ0) is 27.4. The minimum Gasteiger partial charge on any atom is -0.490 e. The van der Waals surface area contributed by atoms with E-state index < -0.39 is 5.91 Å². The van der Waals surface area contributed by atoms with Crippen LogP contribution in [-0.4, -0.2) is 40.2 Å². The Kier molecular flexibility index (Phi) is 8.14. The Morgan fingerprint density at radius 3 is 2.28 bits per heavy atom. The van der Waals surface area contributed by atoms with Gasteiger partial charge >= 0.3 is 0 Å². The molecule has 7 nitrogen and oxygen atoms in total. The van der Waals surface area contributed by atoms with E-state index in [1.807, 2.05) is 54.6 Å². The van der Waals surface area contributed by atoms with Crippen LogP contribution in [0.2, 0.25) is 5.02 Å². The van der Waals surface area contributed by atoms with Crippen LogP contribution in [0.4, 0.5) is 0 Å². The molecule has 0 spiro atoms.